The van der Waals surface area contributed by atoms with Crippen molar-refractivity contribution in [1.82, 2.24) is 10.0 Å². The number of nitrogens with zero attached hydrogens (tertiary/aromatic N) is 3. The van der Waals surface area contributed by atoms with Crippen molar-refractivity contribution in [2.75, 3.05) is 18.0 Å². The third kappa shape index (κ3) is 2.43. The first-order valence-corrected chi connectivity index (χ1v) is 9.46. The van der Waals surface area contributed by atoms with E-state index in [2.05, 4.69) is 0 Å². The minimum absolute atomic E-state index is 0.0713. The molecule has 2 amide bonds. The van der Waals surface area contributed by atoms with E-state index in [4.69, 9.17) is 11.6 Å². The van der Waals surface area contributed by atoms with E-state index < -0.39 is 17.8 Å². The Morgan fingerprint density at radius 1 is 0.893 bits per heavy atom. The van der Waals surface area contributed by atoms with Crippen molar-refractivity contribution in [2.24, 2.45) is 5.92 Å². The number of halogens is 3. The maximum Gasteiger partial charge on any atom is 0.253 e. The lowest BCUT2D eigenvalue weighted by molar-refractivity contribution is -0.126. The molecule has 3 aliphatic rings. The SMILES string of the molecule is O=C1[C@H]2[C@@H](c3ccc(F)cc3)N3CCCN3[C@H]2C(=O)N1c1ccc(Cl)c(F)c1. The van der Waals surface area contributed by atoms with Gasteiger partial charge in [0.05, 0.1) is 22.7 Å². The highest BCUT2D eigenvalue weighted by Gasteiger charge is 2.62. The number of hydrazine groups is 1. The number of hydrogen-bond donors (Lipinski definition) is 0. The molecule has 144 valence electrons. The average Bonchev–Trinajstić information content (AvgIpc) is 3.31. The summed E-state index contributed by atoms with van der Waals surface area (Å²) in [4.78, 5) is 27.5. The van der Waals surface area contributed by atoms with Gasteiger partial charge in [0, 0.05) is 13.1 Å². The Bertz CT molecular complexity index is 984. The molecule has 0 spiro atoms. The number of anilines is 1. The first-order chi connectivity index (χ1) is 13.5. The van der Waals surface area contributed by atoms with Crippen LogP contribution in [0.1, 0.15) is 18.0 Å². The van der Waals surface area contributed by atoms with Crippen LogP contribution in [-0.4, -0.2) is 41.0 Å². The molecule has 0 bridgehead atoms. The minimum atomic E-state index is -0.685. The van der Waals surface area contributed by atoms with Gasteiger partial charge in [0.25, 0.3) is 5.91 Å². The van der Waals surface area contributed by atoms with Gasteiger partial charge in [0.15, 0.2) is 0 Å². The van der Waals surface area contributed by atoms with E-state index in [0.717, 1.165) is 29.5 Å². The van der Waals surface area contributed by atoms with Gasteiger partial charge in [0.2, 0.25) is 5.91 Å². The lowest BCUT2D eigenvalue weighted by Crippen LogP contribution is -2.44. The monoisotopic (exact) mass is 403 g/mol. The zero-order chi connectivity index (χ0) is 19.6. The summed E-state index contributed by atoms with van der Waals surface area (Å²) in [5.74, 6) is -2.41. The van der Waals surface area contributed by atoms with Gasteiger partial charge in [-0.2, -0.15) is 0 Å². The van der Waals surface area contributed by atoms with E-state index in [0.29, 0.717) is 6.54 Å². The molecule has 0 saturated carbocycles. The quantitative estimate of drug-likeness (QED) is 0.723. The zero-order valence-corrected chi connectivity index (χ0v) is 15.4. The van der Waals surface area contributed by atoms with Crippen LogP contribution < -0.4 is 4.90 Å². The Kier molecular flexibility index (Phi) is 4.01. The second kappa shape index (κ2) is 6.34. The summed E-state index contributed by atoms with van der Waals surface area (Å²) in [5, 5.41) is 3.90. The average molecular weight is 404 g/mol. The van der Waals surface area contributed by atoms with Crippen LogP contribution in [0.4, 0.5) is 14.5 Å². The molecule has 0 radical (unpaired) electrons. The van der Waals surface area contributed by atoms with Crippen LogP contribution in [0, 0.1) is 17.6 Å². The summed E-state index contributed by atoms with van der Waals surface area (Å²) in [6.45, 7) is 1.39. The summed E-state index contributed by atoms with van der Waals surface area (Å²) < 4.78 is 27.3. The fraction of sp³-hybridized carbons (Fsp3) is 0.300. The van der Waals surface area contributed by atoms with Gasteiger partial charge >= 0.3 is 0 Å². The maximum atomic E-state index is 13.9. The Hall–Kier alpha value is -2.35. The van der Waals surface area contributed by atoms with Crippen LogP contribution in [-0.2, 0) is 9.59 Å². The van der Waals surface area contributed by atoms with Gasteiger partial charge in [0.1, 0.15) is 17.7 Å². The molecule has 28 heavy (non-hydrogen) atoms. The number of amides is 2. The van der Waals surface area contributed by atoms with Crippen LogP contribution in [0.15, 0.2) is 42.5 Å². The molecule has 2 aromatic rings. The number of carbonyl (C=O) groups is 2. The van der Waals surface area contributed by atoms with Gasteiger partial charge in [-0.05, 0) is 42.3 Å². The zero-order valence-electron chi connectivity index (χ0n) is 14.7. The molecule has 0 N–H and O–H groups in total. The highest BCUT2D eigenvalue weighted by Crippen LogP contribution is 2.49. The normalized spacial score (nSPS) is 27.5. The molecule has 3 heterocycles. The van der Waals surface area contributed by atoms with E-state index in [1.165, 1.54) is 24.3 Å². The highest BCUT2D eigenvalue weighted by molar-refractivity contribution is 6.31. The van der Waals surface area contributed by atoms with Crippen molar-refractivity contribution >= 4 is 29.1 Å². The minimum Gasteiger partial charge on any atom is -0.274 e. The van der Waals surface area contributed by atoms with Crippen molar-refractivity contribution in [3.63, 3.8) is 0 Å². The third-order valence-electron chi connectivity index (χ3n) is 5.78. The largest absolute Gasteiger partial charge is 0.274 e. The summed E-state index contributed by atoms with van der Waals surface area (Å²) >= 11 is 5.74. The number of rotatable bonds is 2. The first-order valence-electron chi connectivity index (χ1n) is 9.09. The van der Waals surface area contributed by atoms with Gasteiger partial charge in [-0.25, -0.2) is 23.7 Å². The molecule has 0 unspecified atom stereocenters. The van der Waals surface area contributed by atoms with E-state index >= 15 is 0 Å². The van der Waals surface area contributed by atoms with Crippen LogP contribution in [0.2, 0.25) is 5.02 Å². The van der Waals surface area contributed by atoms with Crippen molar-refractivity contribution in [3.05, 3.63) is 64.7 Å². The molecule has 0 aromatic heterocycles. The lowest BCUT2D eigenvalue weighted by atomic mass is 9.90. The Balaban J connectivity index is 1.58. The van der Waals surface area contributed by atoms with E-state index in [9.17, 15) is 18.4 Å². The van der Waals surface area contributed by atoms with Crippen molar-refractivity contribution in [2.45, 2.75) is 18.5 Å². The number of imide groups is 1. The maximum absolute atomic E-state index is 13.9. The standard InChI is InChI=1S/C20H16ClF2N3O2/c21-14-7-6-13(10-15(14)23)26-19(27)16-17(11-2-4-12(22)5-3-11)24-8-1-9-25(24)18(16)20(26)28/h2-7,10,16-18H,1,8-9H2/t16-,17+,18+/m0/s1. The summed E-state index contributed by atoms with van der Waals surface area (Å²) in [6, 6.07) is 8.94. The summed E-state index contributed by atoms with van der Waals surface area (Å²) in [7, 11) is 0. The van der Waals surface area contributed by atoms with E-state index in [-0.39, 0.29) is 34.4 Å². The second-order valence-electron chi connectivity index (χ2n) is 7.26. The Morgan fingerprint density at radius 2 is 1.57 bits per heavy atom. The van der Waals surface area contributed by atoms with Crippen LogP contribution in [0.3, 0.4) is 0 Å². The fourth-order valence-corrected chi connectivity index (χ4v) is 4.77. The molecule has 3 fully saturated rings. The number of fused-ring (bicyclic) bond motifs is 3. The third-order valence-corrected chi connectivity index (χ3v) is 6.09. The number of benzene rings is 2. The molecule has 3 atom stereocenters. The topological polar surface area (TPSA) is 43.9 Å². The fourth-order valence-electron chi connectivity index (χ4n) is 4.65. The molecule has 5 rings (SSSR count). The van der Waals surface area contributed by atoms with E-state index in [1.807, 2.05) is 10.0 Å². The van der Waals surface area contributed by atoms with Crippen molar-refractivity contribution in [3.8, 4) is 0 Å². The smallest absolute Gasteiger partial charge is 0.253 e. The highest BCUT2D eigenvalue weighted by atomic mass is 35.5. The van der Waals surface area contributed by atoms with Crippen LogP contribution in [0.25, 0.3) is 0 Å². The molecular formula is C20H16ClF2N3O2. The predicted octanol–water partition coefficient (Wildman–Crippen LogP) is 3.15. The second-order valence-corrected chi connectivity index (χ2v) is 7.66. The first kappa shape index (κ1) is 17.7. The molecule has 0 aliphatic carbocycles. The summed E-state index contributed by atoms with van der Waals surface area (Å²) in [6.07, 6.45) is 0.873. The van der Waals surface area contributed by atoms with Crippen LogP contribution in [0.5, 0.6) is 0 Å². The summed E-state index contributed by atoms with van der Waals surface area (Å²) in [5.41, 5.74) is 0.959. The van der Waals surface area contributed by atoms with Gasteiger partial charge in [-0.15, -0.1) is 0 Å². The molecule has 3 saturated heterocycles. The number of carbonyl (C=O) groups excluding carboxylic acids is 2. The van der Waals surface area contributed by atoms with Gasteiger partial charge in [-0.1, -0.05) is 23.7 Å². The lowest BCUT2D eigenvalue weighted by Gasteiger charge is -2.29. The van der Waals surface area contributed by atoms with Crippen LogP contribution >= 0.6 is 11.6 Å². The molecular weight excluding hydrogens is 388 g/mol. The van der Waals surface area contributed by atoms with Crippen molar-refractivity contribution < 1.29 is 18.4 Å². The van der Waals surface area contributed by atoms with E-state index in [1.54, 1.807) is 12.1 Å². The van der Waals surface area contributed by atoms with Gasteiger partial charge < -0.3 is 0 Å². The molecule has 8 heteroatoms. The molecule has 2 aromatic carbocycles. The number of hydrogen-bond acceptors (Lipinski definition) is 4. The molecule has 3 aliphatic heterocycles. The Labute approximate surface area is 165 Å². The molecule has 5 nitrogen and oxygen atoms in total. The van der Waals surface area contributed by atoms with Crippen molar-refractivity contribution in [1.29, 1.82) is 0 Å². The Morgan fingerprint density at radius 3 is 2.25 bits per heavy atom. The van der Waals surface area contributed by atoms with Gasteiger partial charge in [-0.3, -0.25) is 9.59 Å². The predicted molar refractivity (Wildman–Crippen MR) is 98.4 cm³/mol.